The minimum absolute atomic E-state index is 0.192. The molecule has 1 unspecified atom stereocenters. The molecule has 0 amide bonds. The van der Waals surface area contributed by atoms with Crippen LogP contribution in [-0.2, 0) is 16.3 Å². The average Bonchev–Trinajstić information content (AvgIpc) is 2.26. The van der Waals surface area contributed by atoms with E-state index in [0.29, 0.717) is 11.4 Å². The van der Waals surface area contributed by atoms with Gasteiger partial charge in [0.25, 0.3) is 0 Å². The van der Waals surface area contributed by atoms with E-state index in [1.165, 1.54) is 6.26 Å². The third-order valence-electron chi connectivity index (χ3n) is 3.78. The minimum atomic E-state index is -3.16. The molecule has 1 atom stereocenters. The topological polar surface area (TPSA) is 46.2 Å². The summed E-state index contributed by atoms with van der Waals surface area (Å²) in [7, 11) is -1.38. The predicted octanol–water partition coefficient (Wildman–Crippen LogP) is 2.60. The Kier molecular flexibility index (Phi) is 5.04. The highest BCUT2D eigenvalue weighted by molar-refractivity contribution is 7.92. The Labute approximate surface area is 121 Å². The van der Waals surface area contributed by atoms with Crippen LogP contribution in [0.1, 0.15) is 25.0 Å². The van der Waals surface area contributed by atoms with Crippen LogP contribution >= 0.6 is 11.6 Å². The average molecular weight is 304 g/mol. The molecule has 0 aliphatic heterocycles. The number of hydrogen-bond donors (Lipinski definition) is 1. The van der Waals surface area contributed by atoms with Gasteiger partial charge in [0, 0.05) is 17.3 Å². The number of halogens is 1. The van der Waals surface area contributed by atoms with Crippen molar-refractivity contribution in [2.45, 2.75) is 38.0 Å². The van der Waals surface area contributed by atoms with E-state index in [2.05, 4.69) is 5.32 Å². The molecule has 0 aliphatic carbocycles. The van der Waals surface area contributed by atoms with Crippen molar-refractivity contribution in [3.8, 4) is 0 Å². The van der Waals surface area contributed by atoms with Gasteiger partial charge in [0.1, 0.15) is 0 Å². The third-order valence-corrected chi connectivity index (χ3v) is 6.32. The molecule has 0 bridgehead atoms. The van der Waals surface area contributed by atoms with E-state index < -0.39 is 14.6 Å². The van der Waals surface area contributed by atoms with Gasteiger partial charge >= 0.3 is 0 Å². The van der Waals surface area contributed by atoms with Gasteiger partial charge in [-0.1, -0.05) is 23.7 Å². The normalized spacial score (nSPS) is 14.4. The SMILES string of the molecule is CNC(Cc1ccc(C)cc1Cl)C(C)(C)S(C)(=O)=O. The number of hydrogen-bond acceptors (Lipinski definition) is 3. The zero-order chi connectivity index (χ0) is 14.8. The third kappa shape index (κ3) is 3.71. The number of sulfone groups is 1. The first kappa shape index (κ1) is 16.5. The summed E-state index contributed by atoms with van der Waals surface area (Å²) < 4.78 is 23.0. The van der Waals surface area contributed by atoms with Crippen molar-refractivity contribution in [2.24, 2.45) is 0 Å². The first-order chi connectivity index (χ1) is 8.59. The Balaban J connectivity index is 3.07. The van der Waals surface area contributed by atoms with Crippen molar-refractivity contribution in [2.75, 3.05) is 13.3 Å². The quantitative estimate of drug-likeness (QED) is 0.909. The largest absolute Gasteiger partial charge is 0.315 e. The monoisotopic (exact) mass is 303 g/mol. The molecular weight excluding hydrogens is 282 g/mol. The van der Waals surface area contributed by atoms with E-state index in [0.717, 1.165) is 11.1 Å². The maximum absolute atomic E-state index is 11.9. The summed E-state index contributed by atoms with van der Waals surface area (Å²) in [5.41, 5.74) is 2.06. The van der Waals surface area contributed by atoms with E-state index in [1.807, 2.05) is 25.1 Å². The summed E-state index contributed by atoms with van der Waals surface area (Å²) in [4.78, 5) is 0. The zero-order valence-electron chi connectivity index (χ0n) is 12.1. The number of nitrogens with one attached hydrogen (secondary N) is 1. The molecule has 5 heteroatoms. The first-order valence-corrected chi connectivity index (χ1v) is 8.48. The fourth-order valence-electron chi connectivity index (χ4n) is 1.99. The molecule has 0 spiro atoms. The van der Waals surface area contributed by atoms with E-state index >= 15 is 0 Å². The van der Waals surface area contributed by atoms with E-state index in [4.69, 9.17) is 11.6 Å². The van der Waals surface area contributed by atoms with Crippen LogP contribution in [0.15, 0.2) is 18.2 Å². The van der Waals surface area contributed by atoms with Gasteiger partial charge in [-0.15, -0.1) is 0 Å². The molecule has 0 radical (unpaired) electrons. The highest BCUT2D eigenvalue weighted by atomic mass is 35.5. The highest BCUT2D eigenvalue weighted by Crippen LogP contribution is 2.26. The number of rotatable bonds is 5. The van der Waals surface area contributed by atoms with Gasteiger partial charge in [0.05, 0.1) is 4.75 Å². The molecule has 108 valence electrons. The van der Waals surface area contributed by atoms with Gasteiger partial charge in [-0.3, -0.25) is 0 Å². The zero-order valence-corrected chi connectivity index (χ0v) is 13.7. The molecule has 0 heterocycles. The smallest absolute Gasteiger partial charge is 0.154 e. The lowest BCUT2D eigenvalue weighted by molar-refractivity contribution is 0.431. The molecular formula is C14H22ClNO2S. The van der Waals surface area contributed by atoms with Crippen LogP contribution in [-0.4, -0.2) is 32.5 Å². The Morgan fingerprint density at radius 2 is 1.95 bits per heavy atom. The summed E-state index contributed by atoms with van der Waals surface area (Å²) in [5, 5.41) is 3.79. The number of benzene rings is 1. The fourth-order valence-corrected chi connectivity index (χ4v) is 3.02. The van der Waals surface area contributed by atoms with Gasteiger partial charge < -0.3 is 5.32 Å². The number of likely N-dealkylation sites (N-methyl/N-ethyl adjacent to an activating group) is 1. The van der Waals surface area contributed by atoms with E-state index in [-0.39, 0.29) is 6.04 Å². The predicted molar refractivity (Wildman–Crippen MR) is 81.7 cm³/mol. The summed E-state index contributed by atoms with van der Waals surface area (Å²) >= 11 is 6.22. The molecule has 0 saturated carbocycles. The number of aryl methyl sites for hydroxylation is 1. The molecule has 1 N–H and O–H groups in total. The fraction of sp³-hybridized carbons (Fsp3) is 0.571. The van der Waals surface area contributed by atoms with Gasteiger partial charge in [-0.25, -0.2) is 8.42 Å². The van der Waals surface area contributed by atoms with Crippen LogP contribution in [0, 0.1) is 6.92 Å². The lowest BCUT2D eigenvalue weighted by Gasteiger charge is -2.32. The van der Waals surface area contributed by atoms with E-state index in [9.17, 15) is 8.42 Å². The highest BCUT2D eigenvalue weighted by Gasteiger charge is 2.38. The van der Waals surface area contributed by atoms with Crippen molar-refractivity contribution >= 4 is 21.4 Å². The van der Waals surface area contributed by atoms with Gasteiger partial charge in [-0.2, -0.15) is 0 Å². The van der Waals surface area contributed by atoms with Crippen LogP contribution in [0.25, 0.3) is 0 Å². The lowest BCUT2D eigenvalue weighted by atomic mass is 9.95. The van der Waals surface area contributed by atoms with Crippen LogP contribution in [0.5, 0.6) is 0 Å². The maximum Gasteiger partial charge on any atom is 0.154 e. The van der Waals surface area contributed by atoms with Gasteiger partial charge in [0.15, 0.2) is 9.84 Å². The van der Waals surface area contributed by atoms with Gasteiger partial charge in [-0.05, 0) is 51.4 Å². The summed E-state index contributed by atoms with van der Waals surface area (Å²) in [6.07, 6.45) is 1.85. The second kappa shape index (κ2) is 5.81. The van der Waals surface area contributed by atoms with Crippen LogP contribution in [0.3, 0.4) is 0 Å². The van der Waals surface area contributed by atoms with Crippen molar-refractivity contribution in [3.63, 3.8) is 0 Å². The molecule has 3 nitrogen and oxygen atoms in total. The second-order valence-corrected chi connectivity index (χ2v) is 8.52. The van der Waals surface area contributed by atoms with Crippen molar-refractivity contribution in [1.82, 2.24) is 5.32 Å². The standard InChI is InChI=1S/C14H22ClNO2S/c1-10-6-7-11(12(15)8-10)9-13(16-4)14(2,3)19(5,17)18/h6-8,13,16H,9H2,1-5H3. The molecule has 19 heavy (non-hydrogen) atoms. The molecule has 0 aromatic heterocycles. The Morgan fingerprint density at radius 1 is 1.37 bits per heavy atom. The molecule has 1 rings (SSSR count). The molecule has 1 aromatic rings. The second-order valence-electron chi connectivity index (χ2n) is 5.52. The molecule has 0 aliphatic rings. The summed E-state index contributed by atoms with van der Waals surface area (Å²) in [6.45, 7) is 5.46. The van der Waals surface area contributed by atoms with Crippen molar-refractivity contribution in [1.29, 1.82) is 0 Å². The Bertz CT molecular complexity index is 553. The first-order valence-electron chi connectivity index (χ1n) is 6.21. The maximum atomic E-state index is 11.9. The summed E-state index contributed by atoms with van der Waals surface area (Å²) in [6, 6.07) is 5.65. The molecule has 0 saturated heterocycles. The van der Waals surface area contributed by atoms with Crippen molar-refractivity contribution < 1.29 is 8.42 Å². The Morgan fingerprint density at radius 3 is 2.37 bits per heavy atom. The molecule has 1 aromatic carbocycles. The van der Waals surface area contributed by atoms with E-state index in [1.54, 1.807) is 20.9 Å². The van der Waals surface area contributed by atoms with Gasteiger partial charge in [0.2, 0.25) is 0 Å². The molecule has 0 fully saturated rings. The summed E-state index contributed by atoms with van der Waals surface area (Å²) in [5.74, 6) is 0. The van der Waals surface area contributed by atoms with Crippen molar-refractivity contribution in [3.05, 3.63) is 34.3 Å². The Hall–Kier alpha value is -0.580. The van der Waals surface area contributed by atoms with Crippen LogP contribution in [0.2, 0.25) is 5.02 Å². The van der Waals surface area contributed by atoms with Crippen LogP contribution in [0.4, 0.5) is 0 Å². The lowest BCUT2D eigenvalue weighted by Crippen LogP contribution is -2.51. The minimum Gasteiger partial charge on any atom is -0.315 e. The van der Waals surface area contributed by atoms with Crippen LogP contribution < -0.4 is 5.32 Å².